The molecule has 0 aliphatic rings. The highest BCUT2D eigenvalue weighted by molar-refractivity contribution is 6.44. The molecule has 0 unspecified atom stereocenters. The molecule has 0 bridgehead atoms. The van der Waals surface area contributed by atoms with Crippen LogP contribution in [0.15, 0.2) is 5.03 Å². The molecule has 0 fully saturated rings. The molecule has 0 aliphatic heterocycles. The molecule has 0 saturated heterocycles. The molecule has 0 aromatic heterocycles. The lowest BCUT2D eigenvalue weighted by molar-refractivity contribution is -0.137. The number of rotatable bonds is 2. The minimum Gasteiger partial charge on any atom is -0.461 e. The lowest BCUT2D eigenvalue weighted by Gasteiger charge is -1.93. The summed E-state index contributed by atoms with van der Waals surface area (Å²) in [5.41, 5.74) is 0. The highest BCUT2D eigenvalue weighted by Crippen LogP contribution is 1.97. The van der Waals surface area contributed by atoms with Gasteiger partial charge in [-0.15, -0.1) is 0 Å². The van der Waals surface area contributed by atoms with E-state index in [1.165, 1.54) is 5.94 Å². The van der Waals surface area contributed by atoms with Gasteiger partial charge in [0.2, 0.25) is 5.03 Å². The van der Waals surface area contributed by atoms with Gasteiger partial charge in [0.25, 0.3) is 0 Å². The lowest BCUT2D eigenvalue weighted by atomic mass is 10.6. The van der Waals surface area contributed by atoms with Gasteiger partial charge < -0.3 is 4.74 Å². The fraction of sp³-hybridized carbons (Fsp3) is 0.400. The van der Waals surface area contributed by atoms with Gasteiger partial charge in [-0.25, -0.2) is 9.59 Å². The Morgan fingerprint density at radius 3 is 2.67 bits per heavy atom. The molecule has 50 valence electrons. The van der Waals surface area contributed by atoms with Crippen molar-refractivity contribution in [3.05, 3.63) is 5.03 Å². The summed E-state index contributed by atoms with van der Waals surface area (Å²) in [5.74, 6) is 0.382. The van der Waals surface area contributed by atoms with Crippen LogP contribution < -0.4 is 0 Å². The summed E-state index contributed by atoms with van der Waals surface area (Å²) in [6.45, 7) is 1.82. The van der Waals surface area contributed by atoms with E-state index < -0.39 is 11.0 Å². The Morgan fingerprint density at radius 2 is 2.33 bits per heavy atom. The van der Waals surface area contributed by atoms with Crippen LogP contribution in [0.2, 0.25) is 0 Å². The van der Waals surface area contributed by atoms with Crippen molar-refractivity contribution in [1.29, 1.82) is 0 Å². The summed E-state index contributed by atoms with van der Waals surface area (Å²) < 4.78 is 4.32. The summed E-state index contributed by atoms with van der Waals surface area (Å²) in [4.78, 5) is 19.9. The molecule has 0 spiro atoms. The largest absolute Gasteiger partial charge is 0.461 e. The molecular formula is C5H5ClO3. The SMILES string of the molecule is CCOC(=O)C(Cl)=C=O. The van der Waals surface area contributed by atoms with Gasteiger partial charge in [-0.1, -0.05) is 11.6 Å². The molecule has 0 atom stereocenters. The van der Waals surface area contributed by atoms with Crippen LogP contribution in [0.3, 0.4) is 0 Å². The number of halogens is 1. The predicted octanol–water partition coefficient (Wildman–Crippen LogP) is 0.504. The Balaban J connectivity index is 3.89. The van der Waals surface area contributed by atoms with Crippen molar-refractivity contribution in [2.75, 3.05) is 6.61 Å². The van der Waals surface area contributed by atoms with Crippen molar-refractivity contribution in [2.45, 2.75) is 6.92 Å². The summed E-state index contributed by atoms with van der Waals surface area (Å²) in [6.07, 6.45) is 0. The third-order valence-corrected chi connectivity index (χ3v) is 0.776. The minimum atomic E-state index is -0.825. The molecule has 0 radical (unpaired) electrons. The van der Waals surface area contributed by atoms with E-state index in [0.717, 1.165) is 0 Å². The van der Waals surface area contributed by atoms with Crippen LogP contribution in [0.25, 0.3) is 0 Å². The molecule has 0 aromatic carbocycles. The lowest BCUT2D eigenvalue weighted by Crippen LogP contribution is -2.03. The van der Waals surface area contributed by atoms with Crippen molar-refractivity contribution < 1.29 is 14.3 Å². The summed E-state index contributed by atoms with van der Waals surface area (Å²) in [6, 6.07) is 0. The Bertz CT molecular complexity index is 158. The van der Waals surface area contributed by atoms with Gasteiger partial charge in [-0.3, -0.25) is 0 Å². The molecule has 0 aliphatic carbocycles. The zero-order chi connectivity index (χ0) is 7.28. The second-order valence-corrected chi connectivity index (χ2v) is 1.51. The zero-order valence-electron chi connectivity index (χ0n) is 4.81. The number of ether oxygens (including phenoxy) is 1. The van der Waals surface area contributed by atoms with Gasteiger partial charge in [0.05, 0.1) is 6.61 Å². The maximum Gasteiger partial charge on any atom is 0.361 e. The molecule has 0 saturated carbocycles. The van der Waals surface area contributed by atoms with E-state index in [2.05, 4.69) is 4.74 Å². The molecule has 0 aromatic rings. The normalized spacial score (nSPS) is 7.78. The minimum absolute atomic E-state index is 0.205. The Hall–Kier alpha value is -0.790. The van der Waals surface area contributed by atoms with Crippen LogP contribution >= 0.6 is 11.6 Å². The van der Waals surface area contributed by atoms with Gasteiger partial charge in [0.1, 0.15) is 0 Å². The van der Waals surface area contributed by atoms with Gasteiger partial charge >= 0.3 is 5.97 Å². The van der Waals surface area contributed by atoms with Crippen LogP contribution in [-0.2, 0) is 14.3 Å². The first kappa shape index (κ1) is 8.21. The number of carbonyl (C=O) groups is 1. The second-order valence-electron chi connectivity index (χ2n) is 1.14. The van der Waals surface area contributed by atoms with E-state index in [0.29, 0.717) is 0 Å². The molecule has 9 heavy (non-hydrogen) atoms. The fourth-order valence-corrected chi connectivity index (χ4v) is 0.291. The molecule has 0 amide bonds. The first-order chi connectivity index (χ1) is 4.22. The van der Waals surface area contributed by atoms with Crippen LogP contribution in [0.1, 0.15) is 6.92 Å². The van der Waals surface area contributed by atoms with Crippen molar-refractivity contribution in [1.82, 2.24) is 0 Å². The third kappa shape index (κ3) is 2.90. The summed E-state index contributed by atoms with van der Waals surface area (Å²) in [7, 11) is 0. The number of esters is 1. The molecule has 0 heterocycles. The quantitative estimate of drug-likeness (QED) is 0.326. The highest BCUT2D eigenvalue weighted by Gasteiger charge is 2.06. The van der Waals surface area contributed by atoms with E-state index in [1.807, 2.05) is 0 Å². The van der Waals surface area contributed by atoms with E-state index in [4.69, 9.17) is 11.6 Å². The zero-order valence-corrected chi connectivity index (χ0v) is 5.57. The van der Waals surface area contributed by atoms with Gasteiger partial charge in [0, 0.05) is 0 Å². The topological polar surface area (TPSA) is 43.4 Å². The number of hydrogen-bond acceptors (Lipinski definition) is 3. The van der Waals surface area contributed by atoms with Crippen molar-refractivity contribution in [2.24, 2.45) is 0 Å². The predicted molar refractivity (Wildman–Crippen MR) is 31.7 cm³/mol. The molecule has 3 nitrogen and oxygen atoms in total. The monoisotopic (exact) mass is 148 g/mol. The molecule has 0 N–H and O–H groups in total. The molecule has 0 rings (SSSR count). The first-order valence-electron chi connectivity index (χ1n) is 2.30. The Kier molecular flexibility index (Phi) is 3.76. The van der Waals surface area contributed by atoms with Crippen LogP contribution in [0.4, 0.5) is 0 Å². The highest BCUT2D eigenvalue weighted by atomic mass is 35.5. The van der Waals surface area contributed by atoms with Crippen LogP contribution in [0.5, 0.6) is 0 Å². The maximum absolute atomic E-state index is 10.3. The fourth-order valence-electron chi connectivity index (χ4n) is 0.236. The van der Waals surface area contributed by atoms with Gasteiger partial charge in [-0.05, 0) is 6.92 Å². The third-order valence-electron chi connectivity index (χ3n) is 0.544. The molecular weight excluding hydrogens is 144 g/mol. The van der Waals surface area contributed by atoms with E-state index >= 15 is 0 Å². The van der Waals surface area contributed by atoms with Gasteiger partial charge in [0.15, 0.2) is 5.94 Å². The van der Waals surface area contributed by atoms with E-state index in [1.54, 1.807) is 6.92 Å². The smallest absolute Gasteiger partial charge is 0.361 e. The Morgan fingerprint density at radius 1 is 1.78 bits per heavy atom. The summed E-state index contributed by atoms with van der Waals surface area (Å²) >= 11 is 5.01. The average molecular weight is 149 g/mol. The van der Waals surface area contributed by atoms with Crippen LogP contribution in [0, 0.1) is 0 Å². The first-order valence-corrected chi connectivity index (χ1v) is 2.68. The molecule has 4 heteroatoms. The van der Waals surface area contributed by atoms with Gasteiger partial charge in [-0.2, -0.15) is 0 Å². The van der Waals surface area contributed by atoms with Crippen LogP contribution in [-0.4, -0.2) is 18.5 Å². The Labute approximate surface area is 57.2 Å². The average Bonchev–Trinajstić information content (AvgIpc) is 1.87. The van der Waals surface area contributed by atoms with Crippen molar-refractivity contribution in [3.63, 3.8) is 0 Å². The number of hydrogen-bond donors (Lipinski definition) is 0. The van der Waals surface area contributed by atoms with Crippen molar-refractivity contribution in [3.8, 4) is 0 Å². The summed E-state index contributed by atoms with van der Waals surface area (Å²) in [5, 5.41) is -0.545. The van der Waals surface area contributed by atoms with E-state index in [-0.39, 0.29) is 6.61 Å². The second kappa shape index (κ2) is 4.13. The maximum atomic E-state index is 10.3. The standard InChI is InChI=1S/C5H5ClO3/c1-2-9-5(8)4(6)3-7/h2H2,1H3. The number of carbonyl (C=O) groups excluding carboxylic acids is 2. The van der Waals surface area contributed by atoms with E-state index in [9.17, 15) is 9.59 Å². The van der Waals surface area contributed by atoms with Crippen molar-refractivity contribution >= 4 is 23.5 Å².